The summed E-state index contributed by atoms with van der Waals surface area (Å²) < 4.78 is 27.2. The van der Waals surface area contributed by atoms with Crippen LogP contribution in [0.5, 0.6) is 0 Å². The Labute approximate surface area is 63.5 Å². The van der Waals surface area contributed by atoms with Crippen LogP contribution in [-0.4, -0.2) is 19.2 Å². The summed E-state index contributed by atoms with van der Waals surface area (Å²) in [5.74, 6) is 0. The van der Waals surface area contributed by atoms with Crippen molar-refractivity contribution in [1.29, 1.82) is 0 Å². The Hall–Kier alpha value is 0.840. The molecule has 0 aromatic carbocycles. The molecule has 6 heteroatoms. The second-order valence-electron chi connectivity index (χ2n) is 0.704. The second-order valence-corrected chi connectivity index (χ2v) is 2.11. The third-order valence-corrected chi connectivity index (χ3v) is 0. The van der Waals surface area contributed by atoms with Crippen LogP contribution in [0.15, 0.2) is 0 Å². The van der Waals surface area contributed by atoms with Gasteiger partial charge >= 0.3 is 29.6 Å². The topological polar surface area (TPSA) is 57.2 Å². The normalized spacial score (nSPS) is 8.29. The molecule has 0 bridgehead atoms. The summed E-state index contributed by atoms with van der Waals surface area (Å²) in [6.45, 7) is 0. The Kier molecular flexibility index (Phi) is 11.2. The summed E-state index contributed by atoms with van der Waals surface area (Å²) in [5.41, 5.74) is 0. The fourth-order valence-electron chi connectivity index (χ4n) is 0. The van der Waals surface area contributed by atoms with Gasteiger partial charge in [-0.1, -0.05) is 0 Å². The number of rotatable bonds is 0. The van der Waals surface area contributed by atoms with Gasteiger partial charge < -0.3 is 4.55 Å². The van der Waals surface area contributed by atoms with Crippen molar-refractivity contribution < 1.29 is 47.2 Å². The molecule has 0 rings (SSSR count). The monoisotopic (exact) mass is 138 g/mol. The maximum absolute atomic E-state index is 9.08. The van der Waals surface area contributed by atoms with E-state index >= 15 is 0 Å². The van der Waals surface area contributed by atoms with E-state index in [0.29, 0.717) is 6.26 Å². The first-order valence-electron chi connectivity index (χ1n) is 0.908. The van der Waals surface area contributed by atoms with Gasteiger partial charge in [-0.05, 0) is 0 Å². The van der Waals surface area contributed by atoms with Crippen LogP contribution >= 0.6 is 0 Å². The minimum Gasteiger partial charge on any atom is -0.748 e. The molecule has 0 aliphatic heterocycles. The molecule has 0 aliphatic rings. The molecule has 0 N–H and O–H groups in total. The van der Waals surface area contributed by atoms with Crippen LogP contribution in [0, 0.1) is 0 Å². The van der Waals surface area contributed by atoms with Gasteiger partial charge in [-0.3, -0.25) is 4.70 Å². The van der Waals surface area contributed by atoms with Crippen molar-refractivity contribution in [2.24, 2.45) is 0 Å². The molecule has 40 valence electrons. The molecule has 0 unspecified atom stereocenters. The quantitative estimate of drug-likeness (QED) is 0.256. The van der Waals surface area contributed by atoms with Gasteiger partial charge in [-0.25, -0.2) is 8.42 Å². The molecular weight excluding hydrogens is 134 g/mol. The van der Waals surface area contributed by atoms with Crippen molar-refractivity contribution in [2.75, 3.05) is 6.26 Å². The molecule has 0 fully saturated rings. The molecular formula is CH4FNaO3S. The zero-order valence-electron chi connectivity index (χ0n) is 4.04. The van der Waals surface area contributed by atoms with E-state index < -0.39 is 10.1 Å². The maximum atomic E-state index is 9.08. The minimum absolute atomic E-state index is 0. The molecule has 0 spiro atoms. The molecule has 0 heterocycles. The van der Waals surface area contributed by atoms with Gasteiger partial charge in [0.05, 0.1) is 10.1 Å². The fourth-order valence-corrected chi connectivity index (χ4v) is 0. The maximum Gasteiger partial charge on any atom is 1.00 e. The van der Waals surface area contributed by atoms with E-state index in [-0.39, 0.29) is 34.3 Å². The van der Waals surface area contributed by atoms with Crippen LogP contribution in [0.3, 0.4) is 0 Å². The van der Waals surface area contributed by atoms with Crippen LogP contribution in [-0.2, 0) is 10.1 Å². The smallest absolute Gasteiger partial charge is 0.748 e. The van der Waals surface area contributed by atoms with Crippen molar-refractivity contribution in [1.82, 2.24) is 0 Å². The average Bonchev–Trinajstić information content (AvgIpc) is 0.722. The first-order valence-corrected chi connectivity index (χ1v) is 2.72. The van der Waals surface area contributed by atoms with Crippen LogP contribution in [0.4, 0.5) is 4.70 Å². The average molecular weight is 138 g/mol. The van der Waals surface area contributed by atoms with Gasteiger partial charge in [0.15, 0.2) is 0 Å². The Morgan fingerprint density at radius 2 is 1.43 bits per heavy atom. The third kappa shape index (κ3) is 227. The molecule has 0 saturated carbocycles. The van der Waals surface area contributed by atoms with Crippen molar-refractivity contribution in [3.8, 4) is 0 Å². The first kappa shape index (κ1) is 15.7. The van der Waals surface area contributed by atoms with E-state index in [9.17, 15) is 0 Å². The SMILES string of the molecule is CS(=O)(=O)[O-].F.[Na+]. The zero-order valence-corrected chi connectivity index (χ0v) is 6.86. The third-order valence-electron chi connectivity index (χ3n) is 0. The second kappa shape index (κ2) is 4.99. The largest absolute Gasteiger partial charge is 1.00 e. The predicted octanol–water partition coefficient (Wildman–Crippen LogP) is -3.68. The van der Waals surface area contributed by atoms with Gasteiger partial charge in [0, 0.05) is 6.26 Å². The van der Waals surface area contributed by atoms with Crippen LogP contribution in [0.2, 0.25) is 0 Å². The number of hydrogen-bond donors (Lipinski definition) is 0. The number of halogens is 1. The van der Waals surface area contributed by atoms with Crippen LogP contribution < -0.4 is 29.6 Å². The van der Waals surface area contributed by atoms with Gasteiger partial charge in [-0.15, -0.1) is 0 Å². The van der Waals surface area contributed by atoms with Gasteiger partial charge in [0.1, 0.15) is 0 Å². The molecule has 0 aromatic rings. The Morgan fingerprint density at radius 1 is 1.43 bits per heavy atom. The first-order chi connectivity index (χ1) is 2.00. The molecule has 0 aromatic heterocycles. The zero-order chi connectivity index (χ0) is 4.50. The van der Waals surface area contributed by atoms with E-state index in [1.165, 1.54) is 0 Å². The molecule has 0 atom stereocenters. The Morgan fingerprint density at radius 3 is 1.43 bits per heavy atom. The summed E-state index contributed by atoms with van der Waals surface area (Å²) in [5, 5.41) is 0. The Balaban J connectivity index is -0.0000000800. The van der Waals surface area contributed by atoms with E-state index in [2.05, 4.69) is 0 Å². The minimum atomic E-state index is -3.92. The van der Waals surface area contributed by atoms with E-state index in [4.69, 9.17) is 13.0 Å². The van der Waals surface area contributed by atoms with E-state index in [1.807, 2.05) is 0 Å². The molecule has 0 radical (unpaired) electrons. The molecule has 0 amide bonds. The van der Waals surface area contributed by atoms with Gasteiger partial charge in [-0.2, -0.15) is 0 Å². The van der Waals surface area contributed by atoms with E-state index in [0.717, 1.165) is 0 Å². The summed E-state index contributed by atoms with van der Waals surface area (Å²) in [6, 6.07) is 0. The van der Waals surface area contributed by atoms with Crippen molar-refractivity contribution in [3.63, 3.8) is 0 Å². The predicted molar refractivity (Wildman–Crippen MR) is 18.1 cm³/mol. The number of hydrogen-bond acceptors (Lipinski definition) is 3. The molecule has 3 nitrogen and oxygen atoms in total. The van der Waals surface area contributed by atoms with Crippen LogP contribution in [0.25, 0.3) is 0 Å². The molecule has 7 heavy (non-hydrogen) atoms. The van der Waals surface area contributed by atoms with Gasteiger partial charge in [0.2, 0.25) is 0 Å². The molecule has 0 aliphatic carbocycles. The van der Waals surface area contributed by atoms with Crippen molar-refractivity contribution >= 4 is 10.1 Å². The van der Waals surface area contributed by atoms with Crippen molar-refractivity contribution in [3.05, 3.63) is 0 Å². The van der Waals surface area contributed by atoms with Gasteiger partial charge in [0.25, 0.3) is 0 Å². The molecule has 0 saturated heterocycles. The fraction of sp³-hybridized carbons (Fsp3) is 1.00. The summed E-state index contributed by atoms with van der Waals surface area (Å²) >= 11 is 0. The van der Waals surface area contributed by atoms with Crippen molar-refractivity contribution in [2.45, 2.75) is 0 Å². The summed E-state index contributed by atoms with van der Waals surface area (Å²) in [7, 11) is -3.92. The summed E-state index contributed by atoms with van der Waals surface area (Å²) in [6.07, 6.45) is 0.604. The Bertz CT molecular complexity index is 98.1. The standard InChI is InChI=1S/CH4O3S.FH.Na/c1-5(2,3)4;;/h1H3,(H,2,3,4);1H;/q;;+1/p-1. The van der Waals surface area contributed by atoms with E-state index in [1.54, 1.807) is 0 Å². The van der Waals surface area contributed by atoms with Crippen LogP contribution in [0.1, 0.15) is 0 Å². The summed E-state index contributed by atoms with van der Waals surface area (Å²) in [4.78, 5) is 0.